The molecular weight excluding hydrogens is 336 g/mol. The summed E-state index contributed by atoms with van der Waals surface area (Å²) < 4.78 is 5.38. The SMILES string of the molecule is COc1cc(C(=O)N2CCCN2C(=O)CNC(C)=O)nc2ccccc12. The highest BCUT2D eigenvalue weighted by Crippen LogP contribution is 2.26. The minimum absolute atomic E-state index is 0.145. The van der Waals surface area contributed by atoms with E-state index in [1.807, 2.05) is 18.2 Å². The zero-order valence-corrected chi connectivity index (χ0v) is 14.7. The number of rotatable bonds is 4. The zero-order chi connectivity index (χ0) is 18.7. The van der Waals surface area contributed by atoms with Crippen molar-refractivity contribution < 1.29 is 19.1 Å². The quantitative estimate of drug-likeness (QED) is 0.881. The molecule has 136 valence electrons. The molecule has 1 aliphatic rings. The number of ether oxygens (including phenoxy) is 1. The van der Waals surface area contributed by atoms with Crippen LogP contribution in [-0.4, -0.2) is 59.5 Å². The Morgan fingerprint density at radius 3 is 2.65 bits per heavy atom. The summed E-state index contributed by atoms with van der Waals surface area (Å²) in [5.74, 6) is -0.452. The van der Waals surface area contributed by atoms with Crippen molar-refractivity contribution in [2.75, 3.05) is 26.7 Å². The highest BCUT2D eigenvalue weighted by atomic mass is 16.5. The van der Waals surface area contributed by atoms with Crippen molar-refractivity contribution in [3.05, 3.63) is 36.0 Å². The molecule has 0 spiro atoms. The van der Waals surface area contributed by atoms with Crippen LogP contribution in [0.1, 0.15) is 23.8 Å². The van der Waals surface area contributed by atoms with Crippen molar-refractivity contribution >= 4 is 28.6 Å². The van der Waals surface area contributed by atoms with Crippen molar-refractivity contribution in [1.82, 2.24) is 20.3 Å². The van der Waals surface area contributed by atoms with E-state index in [1.165, 1.54) is 24.1 Å². The largest absolute Gasteiger partial charge is 0.496 e. The number of aromatic nitrogens is 1. The molecule has 1 N–H and O–H groups in total. The van der Waals surface area contributed by atoms with Gasteiger partial charge >= 0.3 is 0 Å². The van der Waals surface area contributed by atoms with Crippen LogP contribution in [-0.2, 0) is 9.59 Å². The molecule has 1 fully saturated rings. The molecule has 0 radical (unpaired) electrons. The van der Waals surface area contributed by atoms with Crippen LogP contribution in [0, 0.1) is 0 Å². The fraction of sp³-hybridized carbons (Fsp3) is 0.333. The number of carbonyl (C=O) groups is 3. The van der Waals surface area contributed by atoms with Gasteiger partial charge in [0.15, 0.2) is 0 Å². The van der Waals surface area contributed by atoms with Crippen molar-refractivity contribution in [3.63, 3.8) is 0 Å². The van der Waals surface area contributed by atoms with E-state index in [1.54, 1.807) is 12.1 Å². The number of pyridine rings is 1. The Morgan fingerprint density at radius 2 is 1.92 bits per heavy atom. The average Bonchev–Trinajstić information content (AvgIpc) is 3.14. The number of nitrogens with zero attached hydrogens (tertiary/aromatic N) is 3. The normalized spacial score (nSPS) is 13.8. The Labute approximate surface area is 150 Å². The van der Waals surface area contributed by atoms with Gasteiger partial charge in [-0.15, -0.1) is 0 Å². The smallest absolute Gasteiger partial charge is 0.291 e. The molecule has 0 bridgehead atoms. The van der Waals surface area contributed by atoms with E-state index in [2.05, 4.69) is 10.3 Å². The maximum atomic E-state index is 12.9. The zero-order valence-electron chi connectivity index (χ0n) is 14.7. The molecular formula is C18H20N4O4. The number of nitrogens with one attached hydrogen (secondary N) is 1. The third kappa shape index (κ3) is 3.44. The van der Waals surface area contributed by atoms with E-state index >= 15 is 0 Å². The Hall–Kier alpha value is -3.16. The predicted molar refractivity (Wildman–Crippen MR) is 94.3 cm³/mol. The van der Waals surface area contributed by atoms with E-state index in [4.69, 9.17) is 4.74 Å². The van der Waals surface area contributed by atoms with Crippen molar-refractivity contribution in [3.8, 4) is 5.75 Å². The summed E-state index contributed by atoms with van der Waals surface area (Å²) in [4.78, 5) is 40.7. The van der Waals surface area contributed by atoms with Gasteiger partial charge in [0.05, 0.1) is 19.2 Å². The molecule has 1 aliphatic heterocycles. The van der Waals surface area contributed by atoms with E-state index < -0.39 is 0 Å². The van der Waals surface area contributed by atoms with Crippen LogP contribution >= 0.6 is 0 Å². The number of methoxy groups -OCH3 is 1. The Balaban J connectivity index is 1.87. The standard InChI is InChI=1S/C18H20N4O4/c1-12(23)19-11-17(24)21-8-5-9-22(21)18(25)15-10-16(26-2)13-6-3-4-7-14(13)20-15/h3-4,6-7,10H,5,8-9,11H2,1-2H3,(H,19,23). The van der Waals surface area contributed by atoms with Gasteiger partial charge in [0.25, 0.3) is 11.8 Å². The third-order valence-electron chi connectivity index (χ3n) is 4.16. The molecule has 1 aromatic carbocycles. The van der Waals surface area contributed by atoms with E-state index in [0.717, 1.165) is 5.39 Å². The number of amides is 3. The number of carbonyl (C=O) groups excluding carboxylic acids is 3. The van der Waals surface area contributed by atoms with Gasteiger partial charge < -0.3 is 10.1 Å². The highest BCUT2D eigenvalue weighted by molar-refractivity contribution is 5.98. The predicted octanol–water partition coefficient (Wildman–Crippen LogP) is 0.969. The molecule has 3 amide bonds. The third-order valence-corrected chi connectivity index (χ3v) is 4.16. The van der Waals surface area contributed by atoms with Crippen LogP contribution < -0.4 is 10.1 Å². The molecule has 0 atom stereocenters. The van der Waals surface area contributed by atoms with Crippen LogP contribution in [0.5, 0.6) is 5.75 Å². The fourth-order valence-corrected chi connectivity index (χ4v) is 2.93. The summed E-state index contributed by atoms with van der Waals surface area (Å²) in [5, 5.41) is 6.01. The van der Waals surface area contributed by atoms with Crippen LogP contribution in [0.3, 0.4) is 0 Å². The number of fused-ring (bicyclic) bond motifs is 1. The lowest BCUT2D eigenvalue weighted by Gasteiger charge is -2.27. The lowest BCUT2D eigenvalue weighted by Crippen LogP contribution is -2.48. The maximum Gasteiger partial charge on any atom is 0.291 e. The van der Waals surface area contributed by atoms with Gasteiger partial charge in [-0.05, 0) is 18.6 Å². The average molecular weight is 356 g/mol. The minimum atomic E-state index is -0.372. The number of benzene rings is 1. The lowest BCUT2D eigenvalue weighted by molar-refractivity contribution is -0.140. The van der Waals surface area contributed by atoms with Crippen LogP contribution in [0.25, 0.3) is 10.9 Å². The molecule has 3 rings (SSSR count). The number of hydrazine groups is 1. The van der Waals surface area contributed by atoms with Gasteiger partial charge in [-0.1, -0.05) is 12.1 Å². The lowest BCUT2D eigenvalue weighted by atomic mass is 10.1. The Morgan fingerprint density at radius 1 is 1.19 bits per heavy atom. The molecule has 8 nitrogen and oxygen atoms in total. The molecule has 8 heteroatoms. The molecule has 2 aromatic rings. The van der Waals surface area contributed by atoms with E-state index in [-0.39, 0.29) is 30.0 Å². The first kappa shape index (κ1) is 17.7. The van der Waals surface area contributed by atoms with Crippen LogP contribution in [0.2, 0.25) is 0 Å². The molecule has 26 heavy (non-hydrogen) atoms. The fourth-order valence-electron chi connectivity index (χ4n) is 2.93. The summed E-state index contributed by atoms with van der Waals surface area (Å²) in [6.07, 6.45) is 0.669. The summed E-state index contributed by atoms with van der Waals surface area (Å²) in [6.45, 7) is 2.04. The molecule has 1 aromatic heterocycles. The monoisotopic (exact) mass is 356 g/mol. The van der Waals surface area contributed by atoms with E-state index in [9.17, 15) is 14.4 Å². The van der Waals surface area contributed by atoms with Gasteiger partial charge in [0.2, 0.25) is 5.91 Å². The second-order valence-corrected chi connectivity index (χ2v) is 5.94. The topological polar surface area (TPSA) is 91.8 Å². The Bertz CT molecular complexity index is 867. The minimum Gasteiger partial charge on any atom is -0.496 e. The van der Waals surface area contributed by atoms with Gasteiger partial charge in [-0.3, -0.25) is 14.4 Å². The molecule has 0 saturated carbocycles. The molecule has 0 aliphatic carbocycles. The van der Waals surface area contributed by atoms with Crippen molar-refractivity contribution in [2.24, 2.45) is 0 Å². The summed E-state index contributed by atoms with van der Waals surface area (Å²) in [7, 11) is 1.54. The van der Waals surface area contributed by atoms with Crippen LogP contribution in [0.15, 0.2) is 30.3 Å². The first-order valence-corrected chi connectivity index (χ1v) is 8.31. The van der Waals surface area contributed by atoms with Gasteiger partial charge in [-0.2, -0.15) is 0 Å². The Kier molecular flexibility index (Phi) is 5.01. The van der Waals surface area contributed by atoms with Crippen molar-refractivity contribution in [1.29, 1.82) is 0 Å². The first-order chi connectivity index (χ1) is 12.5. The first-order valence-electron chi connectivity index (χ1n) is 8.31. The second-order valence-electron chi connectivity index (χ2n) is 5.94. The number of hydrogen-bond acceptors (Lipinski definition) is 5. The summed E-state index contributed by atoms with van der Waals surface area (Å²) in [6, 6.07) is 8.96. The molecule has 0 unspecified atom stereocenters. The van der Waals surface area contributed by atoms with Gasteiger partial charge in [0.1, 0.15) is 11.4 Å². The second kappa shape index (κ2) is 7.38. The highest BCUT2D eigenvalue weighted by Gasteiger charge is 2.32. The van der Waals surface area contributed by atoms with E-state index in [0.29, 0.717) is 30.8 Å². The van der Waals surface area contributed by atoms with Gasteiger partial charge in [0, 0.05) is 31.5 Å². The summed E-state index contributed by atoms with van der Waals surface area (Å²) >= 11 is 0. The van der Waals surface area contributed by atoms with Crippen molar-refractivity contribution in [2.45, 2.75) is 13.3 Å². The number of para-hydroxylation sites is 1. The maximum absolute atomic E-state index is 12.9. The van der Waals surface area contributed by atoms with Crippen LogP contribution in [0.4, 0.5) is 0 Å². The summed E-state index contributed by atoms with van der Waals surface area (Å²) in [5.41, 5.74) is 0.852. The number of hydrogen-bond donors (Lipinski definition) is 1. The molecule has 2 heterocycles. The van der Waals surface area contributed by atoms with Gasteiger partial charge in [-0.25, -0.2) is 15.0 Å². The molecule has 1 saturated heterocycles.